The van der Waals surface area contributed by atoms with Crippen LogP contribution in [0.1, 0.15) is 57.5 Å². The van der Waals surface area contributed by atoms with Gasteiger partial charge in [-0.1, -0.05) is 42.5 Å². The minimum absolute atomic E-state index is 0.0481. The van der Waals surface area contributed by atoms with Crippen LogP contribution in [0.3, 0.4) is 0 Å². The fraction of sp³-hybridized carbons (Fsp3) is 0.286. The molecule has 1 aliphatic rings. The van der Waals surface area contributed by atoms with Crippen LogP contribution in [0.4, 0.5) is 5.13 Å². The van der Waals surface area contributed by atoms with Gasteiger partial charge in [-0.25, -0.2) is 9.78 Å². The SMILES string of the molecule is CCOC(=O)c1sc(N2C(=O)C(=O)C(=C(O)c3ccc(OC)cc3C)[C@@H]2c2ccc(CC)cc2)nc1C. The zero-order valence-corrected chi connectivity index (χ0v) is 22.1. The fourth-order valence-electron chi connectivity index (χ4n) is 4.33. The molecule has 1 atom stereocenters. The molecule has 3 aromatic rings. The number of benzene rings is 2. The molecule has 0 unspecified atom stereocenters. The monoisotopic (exact) mass is 520 g/mol. The molecule has 1 fully saturated rings. The molecule has 0 radical (unpaired) electrons. The summed E-state index contributed by atoms with van der Waals surface area (Å²) in [5, 5.41) is 11.6. The molecule has 1 amide bonds. The number of amides is 1. The number of thiazole rings is 1. The Kier molecular flexibility index (Phi) is 7.45. The molecule has 2 aromatic carbocycles. The standard InChI is InChI=1S/C28H28N2O6S/c1-6-17-8-10-18(11-9-17)22-21(23(31)20-13-12-19(35-5)14-15(20)3)24(32)26(33)30(22)28-29-16(4)25(37-28)27(34)36-7-2/h8-14,22,31H,6-7H2,1-5H3/t22-/m0/s1. The number of carbonyl (C=O) groups excluding carboxylic acids is 3. The third-order valence-electron chi connectivity index (χ3n) is 6.29. The number of Topliss-reactive ketones (excluding diaryl/α,β-unsaturated/α-hetero) is 1. The number of nitrogens with zero attached hydrogens (tertiary/aromatic N) is 2. The van der Waals surface area contributed by atoms with Gasteiger partial charge in [0.25, 0.3) is 5.78 Å². The lowest BCUT2D eigenvalue weighted by Crippen LogP contribution is -2.29. The van der Waals surface area contributed by atoms with Crippen LogP contribution in [0.25, 0.3) is 5.76 Å². The van der Waals surface area contributed by atoms with Crippen LogP contribution in [0.2, 0.25) is 0 Å². The van der Waals surface area contributed by atoms with E-state index in [2.05, 4.69) is 4.98 Å². The highest BCUT2D eigenvalue weighted by Gasteiger charge is 2.48. The van der Waals surface area contributed by atoms with E-state index in [9.17, 15) is 19.5 Å². The summed E-state index contributed by atoms with van der Waals surface area (Å²) in [6.07, 6.45) is 0.820. The van der Waals surface area contributed by atoms with Crippen molar-refractivity contribution in [1.29, 1.82) is 0 Å². The van der Waals surface area contributed by atoms with Gasteiger partial charge < -0.3 is 14.6 Å². The second kappa shape index (κ2) is 10.6. The van der Waals surface area contributed by atoms with E-state index in [-0.39, 0.29) is 27.9 Å². The van der Waals surface area contributed by atoms with Crippen molar-refractivity contribution in [2.45, 2.75) is 40.2 Å². The molecule has 0 bridgehead atoms. The van der Waals surface area contributed by atoms with E-state index in [0.717, 1.165) is 23.3 Å². The van der Waals surface area contributed by atoms with E-state index in [1.165, 1.54) is 4.90 Å². The van der Waals surface area contributed by atoms with E-state index in [1.807, 2.05) is 31.2 Å². The van der Waals surface area contributed by atoms with Crippen LogP contribution in [0.15, 0.2) is 48.0 Å². The average Bonchev–Trinajstić information content (AvgIpc) is 3.40. The number of aliphatic hydroxyl groups excluding tert-OH is 1. The number of methoxy groups -OCH3 is 1. The second-order valence-electron chi connectivity index (χ2n) is 8.58. The number of hydrogen-bond donors (Lipinski definition) is 1. The lowest BCUT2D eigenvalue weighted by molar-refractivity contribution is -0.132. The number of aryl methyl sites for hydroxylation is 3. The number of rotatable bonds is 7. The molecule has 8 nitrogen and oxygen atoms in total. The van der Waals surface area contributed by atoms with Crippen LogP contribution in [0.5, 0.6) is 5.75 Å². The Bertz CT molecular complexity index is 1410. The van der Waals surface area contributed by atoms with Gasteiger partial charge in [0.05, 0.1) is 31.0 Å². The van der Waals surface area contributed by atoms with Crippen LogP contribution in [-0.4, -0.2) is 41.5 Å². The smallest absolute Gasteiger partial charge is 0.350 e. The first kappa shape index (κ1) is 26.1. The van der Waals surface area contributed by atoms with Crippen molar-refractivity contribution >= 4 is 39.9 Å². The molecular formula is C28H28N2O6S. The Morgan fingerprint density at radius 3 is 2.41 bits per heavy atom. The summed E-state index contributed by atoms with van der Waals surface area (Å²) in [6, 6.07) is 11.7. The van der Waals surface area contributed by atoms with Gasteiger partial charge in [-0.2, -0.15) is 0 Å². The fourth-order valence-corrected chi connectivity index (χ4v) is 5.31. The van der Waals surface area contributed by atoms with E-state index in [0.29, 0.717) is 28.1 Å². The third-order valence-corrected chi connectivity index (χ3v) is 7.43. The first-order chi connectivity index (χ1) is 17.7. The number of hydrogen-bond acceptors (Lipinski definition) is 8. The predicted molar refractivity (Wildman–Crippen MR) is 141 cm³/mol. The van der Waals surface area contributed by atoms with Gasteiger partial charge in [0.15, 0.2) is 5.13 Å². The third kappa shape index (κ3) is 4.74. The minimum Gasteiger partial charge on any atom is -0.507 e. The molecule has 192 valence electrons. The van der Waals surface area contributed by atoms with Crippen molar-refractivity contribution < 1.29 is 29.0 Å². The normalized spacial score (nSPS) is 16.8. The highest BCUT2D eigenvalue weighted by molar-refractivity contribution is 7.17. The Hall–Kier alpha value is -3.98. The van der Waals surface area contributed by atoms with E-state index in [4.69, 9.17) is 9.47 Å². The minimum atomic E-state index is -0.937. The number of aromatic nitrogens is 1. The zero-order valence-electron chi connectivity index (χ0n) is 21.3. The molecule has 1 aliphatic heterocycles. The lowest BCUT2D eigenvalue weighted by atomic mass is 9.93. The molecule has 1 saturated heterocycles. The molecule has 0 aliphatic carbocycles. The summed E-state index contributed by atoms with van der Waals surface area (Å²) in [5.74, 6) is -1.89. The highest BCUT2D eigenvalue weighted by Crippen LogP contribution is 2.44. The Labute approximate surface area is 219 Å². The first-order valence-corrected chi connectivity index (χ1v) is 12.7. The molecule has 9 heteroatoms. The summed E-state index contributed by atoms with van der Waals surface area (Å²) < 4.78 is 10.4. The molecule has 2 heterocycles. The summed E-state index contributed by atoms with van der Waals surface area (Å²) in [6.45, 7) is 7.36. The summed E-state index contributed by atoms with van der Waals surface area (Å²) in [4.78, 5) is 45.2. The van der Waals surface area contributed by atoms with Gasteiger partial charge in [-0.05, 0) is 62.1 Å². The lowest BCUT2D eigenvalue weighted by Gasteiger charge is -2.23. The van der Waals surface area contributed by atoms with Crippen LogP contribution in [0, 0.1) is 13.8 Å². The zero-order chi connectivity index (χ0) is 26.9. The van der Waals surface area contributed by atoms with Crippen molar-refractivity contribution in [3.8, 4) is 5.75 Å². The Morgan fingerprint density at radius 1 is 1.11 bits per heavy atom. The van der Waals surface area contributed by atoms with Gasteiger partial charge in [0.2, 0.25) is 0 Å². The van der Waals surface area contributed by atoms with Crippen molar-refractivity contribution in [3.63, 3.8) is 0 Å². The predicted octanol–water partition coefficient (Wildman–Crippen LogP) is 5.13. The maximum absolute atomic E-state index is 13.4. The van der Waals surface area contributed by atoms with E-state index in [1.54, 1.807) is 46.1 Å². The van der Waals surface area contributed by atoms with E-state index < -0.39 is 23.7 Å². The van der Waals surface area contributed by atoms with Crippen LogP contribution >= 0.6 is 11.3 Å². The van der Waals surface area contributed by atoms with Gasteiger partial charge in [-0.3, -0.25) is 14.5 Å². The molecule has 0 spiro atoms. The number of aliphatic hydroxyl groups is 1. The number of ether oxygens (including phenoxy) is 2. The van der Waals surface area contributed by atoms with Gasteiger partial charge in [0, 0.05) is 5.56 Å². The first-order valence-electron chi connectivity index (χ1n) is 11.9. The molecule has 4 rings (SSSR count). The largest absolute Gasteiger partial charge is 0.507 e. The Balaban J connectivity index is 1.92. The maximum atomic E-state index is 13.4. The molecule has 1 N–H and O–H groups in total. The summed E-state index contributed by atoms with van der Waals surface area (Å²) >= 11 is 0.981. The topological polar surface area (TPSA) is 106 Å². The molecule has 37 heavy (non-hydrogen) atoms. The molecule has 0 saturated carbocycles. The maximum Gasteiger partial charge on any atom is 0.350 e. The summed E-state index contributed by atoms with van der Waals surface area (Å²) in [5.41, 5.74) is 3.16. The van der Waals surface area contributed by atoms with Gasteiger partial charge in [-0.15, -0.1) is 0 Å². The van der Waals surface area contributed by atoms with Crippen molar-refractivity contribution in [2.75, 3.05) is 18.6 Å². The van der Waals surface area contributed by atoms with Crippen molar-refractivity contribution in [2.24, 2.45) is 0 Å². The number of anilines is 1. The van der Waals surface area contributed by atoms with Crippen molar-refractivity contribution in [1.82, 2.24) is 4.98 Å². The molecular weight excluding hydrogens is 492 g/mol. The van der Waals surface area contributed by atoms with Crippen molar-refractivity contribution in [3.05, 3.63) is 80.9 Å². The average molecular weight is 521 g/mol. The van der Waals surface area contributed by atoms with Crippen LogP contribution < -0.4 is 9.64 Å². The van der Waals surface area contributed by atoms with Gasteiger partial charge in [0.1, 0.15) is 16.4 Å². The number of esters is 1. The number of carbonyl (C=O) groups is 3. The van der Waals surface area contributed by atoms with Gasteiger partial charge >= 0.3 is 11.9 Å². The molecule has 1 aromatic heterocycles. The summed E-state index contributed by atoms with van der Waals surface area (Å²) in [7, 11) is 1.54. The number of ketones is 1. The Morgan fingerprint density at radius 2 is 1.81 bits per heavy atom. The quantitative estimate of drug-likeness (QED) is 0.199. The second-order valence-corrected chi connectivity index (χ2v) is 9.55. The highest BCUT2D eigenvalue weighted by atomic mass is 32.1. The van der Waals surface area contributed by atoms with E-state index >= 15 is 0 Å². The van der Waals surface area contributed by atoms with Crippen LogP contribution in [-0.2, 0) is 20.7 Å².